The van der Waals surface area contributed by atoms with Crippen LogP contribution >= 0.6 is 11.3 Å². The number of benzene rings is 2. The molecule has 0 fully saturated rings. The minimum atomic E-state index is 0.337. The summed E-state index contributed by atoms with van der Waals surface area (Å²) in [6.07, 6.45) is 0. The summed E-state index contributed by atoms with van der Waals surface area (Å²) in [6.45, 7) is 8.75. The van der Waals surface area contributed by atoms with Crippen LogP contribution < -0.4 is 0 Å². The van der Waals surface area contributed by atoms with Crippen LogP contribution in [0.5, 0.6) is 5.75 Å². The highest BCUT2D eigenvalue weighted by Gasteiger charge is 2.05. The van der Waals surface area contributed by atoms with Crippen LogP contribution in [-0.2, 0) is 0 Å². The maximum atomic E-state index is 8.94. The molecule has 0 unspecified atom stereocenters. The number of aromatic hydroxyl groups is 1. The molecule has 1 heterocycles. The SMILES string of the molecule is CC(C)c1ccc(O)cc1.CC(C)c1csc2ccccc12. The van der Waals surface area contributed by atoms with Crippen molar-refractivity contribution in [3.8, 4) is 5.75 Å². The van der Waals surface area contributed by atoms with E-state index in [0.29, 0.717) is 17.6 Å². The molecule has 0 bridgehead atoms. The molecule has 116 valence electrons. The summed E-state index contributed by atoms with van der Waals surface area (Å²) in [6, 6.07) is 15.9. The molecule has 0 aliphatic carbocycles. The molecule has 0 amide bonds. The second-order valence-corrected chi connectivity index (χ2v) is 7.00. The van der Waals surface area contributed by atoms with E-state index in [4.69, 9.17) is 5.11 Å². The molecule has 0 radical (unpaired) electrons. The molecule has 0 saturated carbocycles. The zero-order valence-corrected chi connectivity index (χ0v) is 14.5. The Morgan fingerprint density at radius 1 is 0.818 bits per heavy atom. The van der Waals surface area contributed by atoms with Crippen LogP contribution in [0.1, 0.15) is 50.7 Å². The zero-order valence-electron chi connectivity index (χ0n) is 13.7. The van der Waals surface area contributed by atoms with Crippen LogP contribution in [0.25, 0.3) is 10.1 Å². The van der Waals surface area contributed by atoms with Crippen molar-refractivity contribution in [1.82, 2.24) is 0 Å². The van der Waals surface area contributed by atoms with E-state index in [2.05, 4.69) is 57.3 Å². The summed E-state index contributed by atoms with van der Waals surface area (Å²) >= 11 is 1.84. The van der Waals surface area contributed by atoms with E-state index in [-0.39, 0.29) is 0 Å². The summed E-state index contributed by atoms with van der Waals surface area (Å²) in [7, 11) is 0. The van der Waals surface area contributed by atoms with Crippen LogP contribution in [0.2, 0.25) is 0 Å². The summed E-state index contributed by atoms with van der Waals surface area (Å²) in [5, 5.41) is 12.6. The van der Waals surface area contributed by atoms with Gasteiger partial charge < -0.3 is 5.11 Å². The summed E-state index contributed by atoms with van der Waals surface area (Å²) in [4.78, 5) is 0. The molecule has 3 rings (SSSR count). The normalized spacial score (nSPS) is 10.8. The first-order valence-electron chi connectivity index (χ1n) is 7.74. The van der Waals surface area contributed by atoms with Gasteiger partial charge in [0.2, 0.25) is 0 Å². The Bertz CT molecular complexity index is 708. The van der Waals surface area contributed by atoms with Crippen molar-refractivity contribution in [3.05, 3.63) is 65.0 Å². The number of rotatable bonds is 2. The highest BCUT2D eigenvalue weighted by atomic mass is 32.1. The topological polar surface area (TPSA) is 20.2 Å². The van der Waals surface area contributed by atoms with E-state index in [0.717, 1.165) is 0 Å². The predicted octanol–water partition coefficient (Wildman–Crippen LogP) is 6.54. The molecule has 1 N–H and O–H groups in total. The Labute approximate surface area is 137 Å². The second kappa shape index (κ2) is 7.46. The van der Waals surface area contributed by atoms with Crippen LogP contribution in [-0.4, -0.2) is 5.11 Å². The Kier molecular flexibility index (Phi) is 5.62. The van der Waals surface area contributed by atoms with Gasteiger partial charge >= 0.3 is 0 Å². The van der Waals surface area contributed by atoms with Crippen molar-refractivity contribution in [2.75, 3.05) is 0 Å². The fraction of sp³-hybridized carbons (Fsp3) is 0.300. The average Bonchev–Trinajstić information content (AvgIpc) is 2.92. The van der Waals surface area contributed by atoms with E-state index in [1.54, 1.807) is 12.1 Å². The molecule has 1 aromatic heterocycles. The van der Waals surface area contributed by atoms with Gasteiger partial charge in [-0.3, -0.25) is 0 Å². The lowest BCUT2D eigenvalue weighted by Crippen LogP contribution is -1.84. The largest absolute Gasteiger partial charge is 0.508 e. The van der Waals surface area contributed by atoms with Crippen molar-refractivity contribution < 1.29 is 5.11 Å². The highest BCUT2D eigenvalue weighted by Crippen LogP contribution is 2.30. The van der Waals surface area contributed by atoms with Crippen molar-refractivity contribution in [1.29, 1.82) is 0 Å². The third kappa shape index (κ3) is 4.11. The van der Waals surface area contributed by atoms with E-state index in [1.165, 1.54) is 21.2 Å². The second-order valence-electron chi connectivity index (χ2n) is 6.09. The van der Waals surface area contributed by atoms with Crippen LogP contribution in [0.15, 0.2) is 53.9 Å². The summed E-state index contributed by atoms with van der Waals surface area (Å²) < 4.78 is 1.40. The first-order valence-corrected chi connectivity index (χ1v) is 8.62. The summed E-state index contributed by atoms with van der Waals surface area (Å²) in [5.41, 5.74) is 2.74. The molecule has 22 heavy (non-hydrogen) atoms. The van der Waals surface area contributed by atoms with Gasteiger partial charge in [-0.15, -0.1) is 11.3 Å². The third-order valence-corrected chi connectivity index (χ3v) is 4.67. The quantitative estimate of drug-likeness (QED) is 0.569. The first kappa shape index (κ1) is 16.6. The van der Waals surface area contributed by atoms with Crippen molar-refractivity contribution in [3.63, 3.8) is 0 Å². The van der Waals surface area contributed by atoms with Gasteiger partial charge in [0.1, 0.15) is 5.75 Å². The van der Waals surface area contributed by atoms with Gasteiger partial charge in [-0.25, -0.2) is 0 Å². The number of thiophene rings is 1. The molecule has 3 aromatic rings. The zero-order chi connectivity index (χ0) is 16.1. The standard InChI is InChI=1S/C11H12S.C9H12O/c1-8(2)10-7-12-11-6-4-3-5-9(10)11;1-7(2)8-3-5-9(10)6-4-8/h3-8H,1-2H3;3-7,10H,1-2H3. The van der Waals surface area contributed by atoms with Crippen molar-refractivity contribution in [2.24, 2.45) is 0 Å². The molecule has 0 aliphatic rings. The maximum Gasteiger partial charge on any atom is 0.115 e. The molecule has 1 nitrogen and oxygen atoms in total. The Morgan fingerprint density at radius 3 is 2.05 bits per heavy atom. The molecule has 0 atom stereocenters. The average molecular weight is 312 g/mol. The van der Waals surface area contributed by atoms with E-state index >= 15 is 0 Å². The number of fused-ring (bicyclic) bond motifs is 1. The van der Waals surface area contributed by atoms with Gasteiger partial charge in [-0.2, -0.15) is 0 Å². The van der Waals surface area contributed by atoms with Crippen LogP contribution in [0.3, 0.4) is 0 Å². The lowest BCUT2D eigenvalue weighted by Gasteiger charge is -2.03. The maximum absolute atomic E-state index is 8.94. The fourth-order valence-corrected chi connectivity index (χ4v) is 3.43. The smallest absolute Gasteiger partial charge is 0.115 e. The lowest BCUT2D eigenvalue weighted by molar-refractivity contribution is 0.475. The molecular weight excluding hydrogens is 288 g/mol. The number of hydrogen-bond donors (Lipinski definition) is 1. The van der Waals surface area contributed by atoms with Gasteiger partial charge in [0.15, 0.2) is 0 Å². The fourth-order valence-electron chi connectivity index (χ4n) is 2.30. The monoisotopic (exact) mass is 312 g/mol. The molecular formula is C20H24OS. The van der Waals surface area contributed by atoms with Gasteiger partial charge in [0, 0.05) is 4.70 Å². The Hall–Kier alpha value is -1.80. The van der Waals surface area contributed by atoms with Gasteiger partial charge in [0.25, 0.3) is 0 Å². The predicted molar refractivity (Wildman–Crippen MR) is 98.1 cm³/mol. The van der Waals surface area contributed by atoms with Gasteiger partial charge in [-0.05, 0) is 51.9 Å². The number of phenols is 1. The first-order chi connectivity index (χ1) is 10.5. The Balaban J connectivity index is 0.000000164. The van der Waals surface area contributed by atoms with Crippen molar-refractivity contribution in [2.45, 2.75) is 39.5 Å². The number of phenolic OH excluding ortho intramolecular Hbond substituents is 1. The molecule has 2 heteroatoms. The third-order valence-electron chi connectivity index (χ3n) is 3.69. The number of hydrogen-bond acceptors (Lipinski definition) is 2. The van der Waals surface area contributed by atoms with E-state index in [1.807, 2.05) is 23.5 Å². The molecule has 2 aromatic carbocycles. The highest BCUT2D eigenvalue weighted by molar-refractivity contribution is 7.17. The van der Waals surface area contributed by atoms with Crippen molar-refractivity contribution >= 4 is 21.4 Å². The minimum Gasteiger partial charge on any atom is -0.508 e. The van der Waals surface area contributed by atoms with Gasteiger partial charge in [0.05, 0.1) is 0 Å². The van der Waals surface area contributed by atoms with E-state index in [9.17, 15) is 0 Å². The Morgan fingerprint density at radius 2 is 1.45 bits per heavy atom. The van der Waals surface area contributed by atoms with E-state index < -0.39 is 0 Å². The van der Waals surface area contributed by atoms with Crippen LogP contribution in [0, 0.1) is 0 Å². The molecule has 0 saturated heterocycles. The molecule has 0 spiro atoms. The minimum absolute atomic E-state index is 0.337. The molecule has 0 aliphatic heterocycles. The lowest BCUT2D eigenvalue weighted by atomic mass is 10.0. The summed E-state index contributed by atoms with van der Waals surface area (Å²) in [5.74, 6) is 1.52. The van der Waals surface area contributed by atoms with Gasteiger partial charge in [-0.1, -0.05) is 58.0 Å². The van der Waals surface area contributed by atoms with Crippen LogP contribution in [0.4, 0.5) is 0 Å².